The van der Waals surface area contributed by atoms with Crippen molar-refractivity contribution in [1.82, 2.24) is 9.78 Å². The third-order valence-electron chi connectivity index (χ3n) is 3.60. The molecule has 20 heavy (non-hydrogen) atoms. The fourth-order valence-corrected chi connectivity index (χ4v) is 2.83. The van der Waals surface area contributed by atoms with Crippen molar-refractivity contribution in [2.75, 3.05) is 0 Å². The minimum absolute atomic E-state index is 0.000278. The van der Waals surface area contributed by atoms with Crippen molar-refractivity contribution in [3.63, 3.8) is 0 Å². The zero-order valence-electron chi connectivity index (χ0n) is 12.0. The van der Waals surface area contributed by atoms with Crippen LogP contribution in [0.25, 0.3) is 0 Å². The quantitative estimate of drug-likeness (QED) is 0.919. The molecule has 2 rings (SSSR count). The van der Waals surface area contributed by atoms with E-state index in [2.05, 4.69) is 28.0 Å². The lowest BCUT2D eigenvalue weighted by atomic mass is 10.0. The third-order valence-corrected chi connectivity index (χ3v) is 4.49. The summed E-state index contributed by atoms with van der Waals surface area (Å²) in [6.07, 6.45) is 0.872. The summed E-state index contributed by atoms with van der Waals surface area (Å²) in [5.74, 6) is -0.255. The van der Waals surface area contributed by atoms with Gasteiger partial charge in [0.25, 0.3) is 0 Å². The highest BCUT2D eigenvalue weighted by atomic mass is 79.9. The van der Waals surface area contributed by atoms with Crippen LogP contribution < -0.4 is 5.73 Å². The number of benzene rings is 1. The van der Waals surface area contributed by atoms with Crippen LogP contribution in [0.15, 0.2) is 22.7 Å². The van der Waals surface area contributed by atoms with Crippen molar-refractivity contribution in [3.8, 4) is 0 Å². The topological polar surface area (TPSA) is 43.8 Å². The summed E-state index contributed by atoms with van der Waals surface area (Å²) < 4.78 is 15.9. The van der Waals surface area contributed by atoms with Gasteiger partial charge in [-0.1, -0.05) is 19.1 Å². The largest absolute Gasteiger partial charge is 0.324 e. The summed E-state index contributed by atoms with van der Waals surface area (Å²) in [7, 11) is 0. The van der Waals surface area contributed by atoms with Gasteiger partial charge >= 0.3 is 0 Å². The molecule has 1 aromatic carbocycles. The first-order chi connectivity index (χ1) is 9.45. The highest BCUT2D eigenvalue weighted by molar-refractivity contribution is 9.10. The Labute approximate surface area is 127 Å². The molecule has 1 atom stereocenters. The number of hydrogen-bond donors (Lipinski definition) is 1. The van der Waals surface area contributed by atoms with Crippen LogP contribution in [-0.2, 0) is 6.54 Å². The SMILES string of the molecule is CCC(N)c1c(C)nn(Cc2cccc(F)c2Br)c1C. The first-order valence-electron chi connectivity index (χ1n) is 6.68. The van der Waals surface area contributed by atoms with Crippen LogP contribution in [0.5, 0.6) is 0 Å². The fraction of sp³-hybridized carbons (Fsp3) is 0.400. The normalized spacial score (nSPS) is 12.7. The van der Waals surface area contributed by atoms with Gasteiger partial charge in [0.1, 0.15) is 5.82 Å². The number of halogens is 2. The smallest absolute Gasteiger partial charge is 0.137 e. The minimum Gasteiger partial charge on any atom is -0.324 e. The van der Waals surface area contributed by atoms with Gasteiger partial charge in [-0.05, 0) is 47.8 Å². The van der Waals surface area contributed by atoms with E-state index < -0.39 is 0 Å². The Morgan fingerprint density at radius 2 is 2.10 bits per heavy atom. The summed E-state index contributed by atoms with van der Waals surface area (Å²) in [6, 6.07) is 5.04. The molecule has 3 nitrogen and oxygen atoms in total. The van der Waals surface area contributed by atoms with Crippen molar-refractivity contribution in [2.24, 2.45) is 5.73 Å². The number of aryl methyl sites for hydroxylation is 1. The molecular weight excluding hydrogens is 321 g/mol. The number of nitrogens with two attached hydrogens (primary N) is 1. The van der Waals surface area contributed by atoms with Gasteiger partial charge in [-0.2, -0.15) is 5.10 Å². The lowest BCUT2D eigenvalue weighted by molar-refractivity contribution is 0.607. The molecule has 1 unspecified atom stereocenters. The molecule has 0 aliphatic heterocycles. The van der Waals surface area contributed by atoms with Crippen LogP contribution >= 0.6 is 15.9 Å². The van der Waals surface area contributed by atoms with Crippen LogP contribution in [0.2, 0.25) is 0 Å². The first-order valence-corrected chi connectivity index (χ1v) is 7.47. The van der Waals surface area contributed by atoms with E-state index in [4.69, 9.17) is 5.73 Å². The third kappa shape index (κ3) is 2.79. The number of nitrogens with zero attached hydrogens (tertiary/aromatic N) is 2. The second-order valence-electron chi connectivity index (χ2n) is 4.97. The molecule has 5 heteroatoms. The molecule has 0 fully saturated rings. The van der Waals surface area contributed by atoms with Gasteiger partial charge in [0.2, 0.25) is 0 Å². The molecular formula is C15H19BrFN3. The maximum atomic E-state index is 13.6. The summed E-state index contributed by atoms with van der Waals surface area (Å²) in [4.78, 5) is 0. The zero-order valence-corrected chi connectivity index (χ0v) is 13.5. The number of aromatic nitrogens is 2. The highest BCUT2D eigenvalue weighted by Gasteiger charge is 2.17. The van der Waals surface area contributed by atoms with Gasteiger partial charge in [-0.3, -0.25) is 4.68 Å². The summed E-state index contributed by atoms with van der Waals surface area (Å²) in [5, 5.41) is 4.54. The Balaban J connectivity index is 2.38. The van der Waals surface area contributed by atoms with Crippen molar-refractivity contribution in [2.45, 2.75) is 39.8 Å². The Kier molecular flexibility index (Phi) is 4.60. The van der Waals surface area contributed by atoms with E-state index in [-0.39, 0.29) is 11.9 Å². The van der Waals surface area contributed by atoms with E-state index in [9.17, 15) is 4.39 Å². The van der Waals surface area contributed by atoms with E-state index >= 15 is 0 Å². The maximum Gasteiger partial charge on any atom is 0.137 e. The number of hydrogen-bond acceptors (Lipinski definition) is 2. The van der Waals surface area contributed by atoms with Gasteiger partial charge < -0.3 is 5.73 Å². The van der Waals surface area contributed by atoms with Crippen LogP contribution in [0, 0.1) is 19.7 Å². The summed E-state index contributed by atoms with van der Waals surface area (Å²) in [6.45, 7) is 6.57. The van der Waals surface area contributed by atoms with Gasteiger partial charge in [-0.25, -0.2) is 4.39 Å². The molecule has 0 saturated heterocycles. The first kappa shape index (κ1) is 15.2. The highest BCUT2D eigenvalue weighted by Crippen LogP contribution is 2.25. The lowest BCUT2D eigenvalue weighted by Crippen LogP contribution is -2.11. The van der Waals surface area contributed by atoms with Gasteiger partial charge in [-0.15, -0.1) is 0 Å². The predicted octanol–water partition coefficient (Wildman–Crippen LogP) is 3.86. The van der Waals surface area contributed by atoms with E-state index in [1.54, 1.807) is 6.07 Å². The van der Waals surface area contributed by atoms with Crippen LogP contribution in [0.3, 0.4) is 0 Å². The Bertz CT molecular complexity index is 622. The van der Waals surface area contributed by atoms with Gasteiger partial charge in [0.05, 0.1) is 16.7 Å². The molecule has 0 bridgehead atoms. The van der Waals surface area contributed by atoms with Crippen LogP contribution in [0.4, 0.5) is 4.39 Å². The maximum absolute atomic E-state index is 13.6. The molecule has 1 aromatic heterocycles. The second-order valence-corrected chi connectivity index (χ2v) is 5.76. The van der Waals surface area contributed by atoms with Crippen molar-refractivity contribution in [3.05, 3.63) is 51.0 Å². The Morgan fingerprint density at radius 3 is 2.75 bits per heavy atom. The summed E-state index contributed by atoms with van der Waals surface area (Å²) >= 11 is 3.29. The minimum atomic E-state index is -0.255. The molecule has 0 spiro atoms. The Morgan fingerprint density at radius 1 is 1.40 bits per heavy atom. The zero-order chi connectivity index (χ0) is 14.9. The van der Waals surface area contributed by atoms with E-state index in [1.165, 1.54) is 6.07 Å². The lowest BCUT2D eigenvalue weighted by Gasteiger charge is -2.11. The van der Waals surface area contributed by atoms with Crippen molar-refractivity contribution < 1.29 is 4.39 Å². The number of rotatable bonds is 4. The van der Waals surface area contributed by atoms with Crippen LogP contribution in [0.1, 0.15) is 41.9 Å². The van der Waals surface area contributed by atoms with E-state index in [1.807, 2.05) is 24.6 Å². The average molecular weight is 340 g/mol. The van der Waals surface area contributed by atoms with Gasteiger partial charge in [0.15, 0.2) is 0 Å². The van der Waals surface area contributed by atoms with Crippen molar-refractivity contribution >= 4 is 15.9 Å². The molecule has 1 heterocycles. The van der Waals surface area contributed by atoms with Gasteiger partial charge in [0, 0.05) is 17.3 Å². The molecule has 0 radical (unpaired) electrons. The van der Waals surface area contributed by atoms with Crippen LogP contribution in [-0.4, -0.2) is 9.78 Å². The standard InChI is InChI=1S/C15H19BrFN3/c1-4-13(18)14-9(2)19-20(10(14)3)8-11-6-5-7-12(17)15(11)16/h5-7,13H,4,8,18H2,1-3H3. The molecule has 2 N–H and O–H groups in total. The molecule has 2 aromatic rings. The second kappa shape index (κ2) is 6.06. The molecule has 0 saturated carbocycles. The molecule has 108 valence electrons. The average Bonchev–Trinajstić information content (AvgIpc) is 2.69. The Hall–Kier alpha value is -1.20. The van der Waals surface area contributed by atoms with E-state index in [0.29, 0.717) is 11.0 Å². The summed E-state index contributed by atoms with van der Waals surface area (Å²) in [5.41, 5.74) is 10.1. The monoisotopic (exact) mass is 339 g/mol. The van der Waals surface area contributed by atoms with Crippen molar-refractivity contribution in [1.29, 1.82) is 0 Å². The molecule has 0 amide bonds. The molecule has 0 aliphatic rings. The molecule has 0 aliphatic carbocycles. The fourth-order valence-electron chi connectivity index (χ4n) is 2.44. The van der Waals surface area contributed by atoms with E-state index in [0.717, 1.165) is 28.9 Å². The predicted molar refractivity (Wildman–Crippen MR) is 82.1 cm³/mol.